The van der Waals surface area contributed by atoms with Gasteiger partial charge >= 0.3 is 0 Å². The van der Waals surface area contributed by atoms with Crippen LogP contribution in [0.15, 0.2) is 47.1 Å². The zero-order chi connectivity index (χ0) is 15.5. The number of hydrogen-bond acceptors (Lipinski definition) is 4. The Morgan fingerprint density at radius 1 is 1.09 bits per heavy atom. The van der Waals surface area contributed by atoms with Crippen molar-refractivity contribution in [2.45, 2.75) is 18.5 Å². The zero-order valence-electron chi connectivity index (χ0n) is 12.0. The Hall–Kier alpha value is -2.76. The first-order valence-corrected chi connectivity index (χ1v) is 6.95. The van der Waals surface area contributed by atoms with Crippen molar-refractivity contribution in [2.24, 2.45) is 0 Å². The van der Waals surface area contributed by atoms with Crippen LogP contribution in [0.1, 0.15) is 17.4 Å². The van der Waals surface area contributed by atoms with Gasteiger partial charge in [0.15, 0.2) is 0 Å². The van der Waals surface area contributed by atoms with Crippen LogP contribution >= 0.6 is 0 Å². The Bertz CT molecular complexity index is 681. The fourth-order valence-corrected chi connectivity index (χ4v) is 2.53. The van der Waals surface area contributed by atoms with E-state index in [9.17, 15) is 9.59 Å². The van der Waals surface area contributed by atoms with Crippen molar-refractivity contribution in [3.05, 3.63) is 54.0 Å². The summed E-state index contributed by atoms with van der Waals surface area (Å²) in [5, 5.41) is 5.48. The summed E-state index contributed by atoms with van der Waals surface area (Å²) in [7, 11) is 1.53. The van der Waals surface area contributed by atoms with Gasteiger partial charge in [-0.05, 0) is 18.2 Å². The van der Waals surface area contributed by atoms with Crippen LogP contribution < -0.4 is 15.4 Å². The van der Waals surface area contributed by atoms with Crippen LogP contribution in [0.25, 0.3) is 0 Å². The lowest BCUT2D eigenvalue weighted by atomic mass is 9.99. The molecular weight excluding hydrogens is 284 g/mol. The van der Waals surface area contributed by atoms with E-state index in [0.717, 1.165) is 0 Å². The molecule has 2 heterocycles. The molecule has 0 saturated carbocycles. The van der Waals surface area contributed by atoms with Crippen molar-refractivity contribution in [1.29, 1.82) is 0 Å². The molecule has 1 fully saturated rings. The normalized spacial score (nSPS) is 21.1. The lowest BCUT2D eigenvalue weighted by Crippen LogP contribution is -2.58. The Kier molecular flexibility index (Phi) is 3.82. The van der Waals surface area contributed by atoms with Crippen molar-refractivity contribution in [3.63, 3.8) is 0 Å². The predicted octanol–water partition coefficient (Wildman–Crippen LogP) is 1.19. The number of methoxy groups -OCH3 is 1. The van der Waals surface area contributed by atoms with E-state index >= 15 is 0 Å². The molecule has 0 aliphatic carbocycles. The van der Waals surface area contributed by atoms with E-state index in [1.807, 2.05) is 6.07 Å². The van der Waals surface area contributed by atoms with Crippen LogP contribution in [0.3, 0.4) is 0 Å². The molecule has 6 nitrogen and oxygen atoms in total. The number of carbonyl (C=O) groups excluding carboxylic acids is 2. The summed E-state index contributed by atoms with van der Waals surface area (Å²) in [6.07, 6.45) is 1.86. The summed E-state index contributed by atoms with van der Waals surface area (Å²) < 4.78 is 10.5. The molecule has 3 rings (SSSR count). The Balaban J connectivity index is 1.78. The molecule has 2 atom stereocenters. The maximum atomic E-state index is 12.3. The maximum absolute atomic E-state index is 12.3. The predicted molar refractivity (Wildman–Crippen MR) is 78.2 cm³/mol. The summed E-state index contributed by atoms with van der Waals surface area (Å²) in [6, 6.07) is 9.25. The van der Waals surface area contributed by atoms with E-state index in [1.54, 1.807) is 30.3 Å². The van der Waals surface area contributed by atoms with Gasteiger partial charge in [0, 0.05) is 12.0 Å². The number of benzene rings is 1. The van der Waals surface area contributed by atoms with Gasteiger partial charge in [0.2, 0.25) is 11.8 Å². The van der Waals surface area contributed by atoms with Crippen molar-refractivity contribution in [3.8, 4) is 5.75 Å². The van der Waals surface area contributed by atoms with Gasteiger partial charge < -0.3 is 19.8 Å². The molecule has 2 unspecified atom stereocenters. The monoisotopic (exact) mass is 300 g/mol. The molecule has 2 N–H and O–H groups in total. The number of furan rings is 1. The number of rotatable bonds is 4. The van der Waals surface area contributed by atoms with E-state index in [-0.39, 0.29) is 11.8 Å². The van der Waals surface area contributed by atoms with Crippen molar-refractivity contribution in [1.82, 2.24) is 10.6 Å². The van der Waals surface area contributed by atoms with E-state index in [0.29, 0.717) is 23.5 Å². The first-order valence-electron chi connectivity index (χ1n) is 6.95. The number of carbonyl (C=O) groups is 2. The molecule has 22 heavy (non-hydrogen) atoms. The average molecular weight is 300 g/mol. The van der Waals surface area contributed by atoms with Gasteiger partial charge in [-0.2, -0.15) is 0 Å². The number of hydrogen-bond donors (Lipinski definition) is 2. The topological polar surface area (TPSA) is 80.6 Å². The molecule has 2 aromatic rings. The van der Waals surface area contributed by atoms with Crippen LogP contribution in [0.2, 0.25) is 0 Å². The summed E-state index contributed by atoms with van der Waals surface area (Å²) >= 11 is 0. The third-order valence-electron chi connectivity index (χ3n) is 3.62. The number of nitrogens with one attached hydrogen (secondary N) is 2. The van der Waals surface area contributed by atoms with Gasteiger partial charge in [-0.1, -0.05) is 18.2 Å². The minimum atomic E-state index is -0.753. The van der Waals surface area contributed by atoms with E-state index in [1.165, 1.54) is 13.4 Å². The number of ether oxygens (including phenoxy) is 1. The second kappa shape index (κ2) is 5.93. The Morgan fingerprint density at radius 2 is 1.91 bits per heavy atom. The SMILES string of the molecule is COc1ccccc1C1NC(=O)C(Cc2ccco2)NC1=O. The fraction of sp³-hybridized carbons (Fsp3) is 0.250. The molecule has 0 radical (unpaired) electrons. The molecule has 2 amide bonds. The van der Waals surface area contributed by atoms with Gasteiger partial charge in [0.25, 0.3) is 0 Å². The highest BCUT2D eigenvalue weighted by atomic mass is 16.5. The van der Waals surface area contributed by atoms with Gasteiger partial charge in [-0.15, -0.1) is 0 Å². The first kappa shape index (κ1) is 14.2. The molecule has 0 spiro atoms. The quantitative estimate of drug-likeness (QED) is 0.888. The molecule has 1 saturated heterocycles. The average Bonchev–Trinajstić information content (AvgIpc) is 3.03. The fourth-order valence-electron chi connectivity index (χ4n) is 2.53. The standard InChI is InChI=1S/C16H16N2O4/c1-21-13-7-3-2-6-11(13)14-16(20)17-12(15(19)18-14)9-10-5-4-8-22-10/h2-8,12,14H,9H2,1H3,(H,17,20)(H,18,19). The van der Waals surface area contributed by atoms with Gasteiger partial charge in [-0.3, -0.25) is 9.59 Å². The van der Waals surface area contributed by atoms with Gasteiger partial charge in [0.05, 0.1) is 13.4 Å². The third kappa shape index (κ3) is 2.67. The van der Waals surface area contributed by atoms with E-state index < -0.39 is 12.1 Å². The summed E-state index contributed by atoms with van der Waals surface area (Å²) in [6.45, 7) is 0. The third-order valence-corrected chi connectivity index (χ3v) is 3.62. The molecule has 1 aromatic carbocycles. The lowest BCUT2D eigenvalue weighted by molar-refractivity contribution is -0.137. The van der Waals surface area contributed by atoms with Crippen LogP contribution in [0, 0.1) is 0 Å². The molecule has 6 heteroatoms. The summed E-state index contributed by atoms with van der Waals surface area (Å²) in [5.41, 5.74) is 0.632. The maximum Gasteiger partial charge on any atom is 0.248 e. The van der Waals surface area contributed by atoms with Crippen LogP contribution in [0.4, 0.5) is 0 Å². The van der Waals surface area contributed by atoms with Gasteiger partial charge in [-0.25, -0.2) is 0 Å². The molecule has 0 bridgehead atoms. The van der Waals surface area contributed by atoms with Crippen LogP contribution in [-0.4, -0.2) is 25.0 Å². The highest BCUT2D eigenvalue weighted by Crippen LogP contribution is 2.26. The Morgan fingerprint density at radius 3 is 2.64 bits per heavy atom. The van der Waals surface area contributed by atoms with Crippen molar-refractivity contribution >= 4 is 11.8 Å². The van der Waals surface area contributed by atoms with Crippen LogP contribution in [0.5, 0.6) is 5.75 Å². The molecular formula is C16H16N2O4. The number of para-hydroxylation sites is 1. The first-order chi connectivity index (χ1) is 10.7. The van der Waals surface area contributed by atoms with Crippen molar-refractivity contribution < 1.29 is 18.7 Å². The number of piperazine rings is 1. The second-order valence-electron chi connectivity index (χ2n) is 5.03. The number of amides is 2. The molecule has 1 aliphatic rings. The van der Waals surface area contributed by atoms with Crippen LogP contribution in [-0.2, 0) is 16.0 Å². The second-order valence-corrected chi connectivity index (χ2v) is 5.03. The smallest absolute Gasteiger partial charge is 0.248 e. The minimum absolute atomic E-state index is 0.244. The van der Waals surface area contributed by atoms with Gasteiger partial charge in [0.1, 0.15) is 23.6 Å². The minimum Gasteiger partial charge on any atom is -0.496 e. The highest BCUT2D eigenvalue weighted by molar-refractivity contribution is 5.98. The van der Waals surface area contributed by atoms with E-state index in [4.69, 9.17) is 9.15 Å². The molecule has 114 valence electrons. The largest absolute Gasteiger partial charge is 0.496 e. The van der Waals surface area contributed by atoms with E-state index in [2.05, 4.69) is 10.6 Å². The summed E-state index contributed by atoms with van der Waals surface area (Å²) in [5.74, 6) is 0.705. The van der Waals surface area contributed by atoms with Crippen molar-refractivity contribution in [2.75, 3.05) is 7.11 Å². The Labute approximate surface area is 127 Å². The zero-order valence-corrected chi connectivity index (χ0v) is 12.0. The molecule has 1 aromatic heterocycles. The highest BCUT2D eigenvalue weighted by Gasteiger charge is 2.36. The lowest BCUT2D eigenvalue weighted by Gasteiger charge is -2.30. The molecule has 1 aliphatic heterocycles. The summed E-state index contributed by atoms with van der Waals surface area (Å²) in [4.78, 5) is 24.6.